The predicted molar refractivity (Wildman–Crippen MR) is 98.7 cm³/mol. The zero-order chi connectivity index (χ0) is 16.5. The van der Waals surface area contributed by atoms with Gasteiger partial charge in [0.25, 0.3) is 0 Å². The fraction of sp³-hybridized carbons (Fsp3) is 0.316. The van der Waals surface area contributed by atoms with E-state index in [4.69, 9.17) is 4.98 Å². The predicted octanol–water partition coefficient (Wildman–Crippen LogP) is 4.24. The molecular weight excluding hydrogens is 318 g/mol. The first-order valence-corrected chi connectivity index (χ1v) is 9.21. The van der Waals surface area contributed by atoms with Gasteiger partial charge in [0.05, 0.1) is 10.4 Å². The minimum Gasteiger partial charge on any atom is -0.361 e. The summed E-state index contributed by atoms with van der Waals surface area (Å²) in [4.78, 5) is 21.3. The fourth-order valence-electron chi connectivity index (χ4n) is 3.20. The van der Waals surface area contributed by atoms with Crippen LogP contribution in [0.2, 0.25) is 0 Å². The van der Waals surface area contributed by atoms with Crippen molar-refractivity contribution in [3.63, 3.8) is 0 Å². The Hall–Kier alpha value is -2.27. The average molecular weight is 337 g/mol. The van der Waals surface area contributed by atoms with Crippen LogP contribution >= 0.6 is 11.3 Å². The van der Waals surface area contributed by atoms with Gasteiger partial charge in [-0.25, -0.2) is 9.97 Å². The summed E-state index contributed by atoms with van der Waals surface area (Å²) in [7, 11) is 0. The molecule has 0 fully saturated rings. The molecule has 5 heteroatoms. The zero-order valence-electron chi connectivity index (χ0n) is 13.6. The lowest BCUT2D eigenvalue weighted by atomic mass is 9.88. The van der Waals surface area contributed by atoms with Gasteiger partial charge in [-0.1, -0.05) is 48.6 Å². The number of benzene rings is 1. The van der Waals surface area contributed by atoms with Gasteiger partial charge in [-0.05, 0) is 24.0 Å². The number of fused-ring (bicyclic) bond motifs is 2. The Morgan fingerprint density at radius 3 is 2.79 bits per heavy atom. The molecule has 2 heterocycles. The van der Waals surface area contributed by atoms with E-state index >= 15 is 0 Å². The van der Waals surface area contributed by atoms with Gasteiger partial charge in [-0.15, -0.1) is 0 Å². The van der Waals surface area contributed by atoms with Crippen molar-refractivity contribution >= 4 is 32.6 Å². The van der Waals surface area contributed by atoms with Crippen molar-refractivity contribution in [1.29, 1.82) is 0 Å². The number of nitrogens with zero attached hydrogens (tertiary/aromatic N) is 2. The normalized spacial score (nSPS) is 14.0. The largest absolute Gasteiger partial charge is 0.361 e. The second-order valence-corrected chi connectivity index (χ2v) is 7.09. The third-order valence-electron chi connectivity index (χ3n) is 4.33. The van der Waals surface area contributed by atoms with E-state index in [0.717, 1.165) is 40.6 Å². The molecule has 0 unspecified atom stereocenters. The summed E-state index contributed by atoms with van der Waals surface area (Å²) < 4.78 is 1.12. The summed E-state index contributed by atoms with van der Waals surface area (Å²) in [6, 6.07) is 10.4. The molecule has 0 saturated heterocycles. The van der Waals surface area contributed by atoms with Crippen LogP contribution < -0.4 is 5.32 Å². The number of ketones is 1. The maximum absolute atomic E-state index is 11.9. The van der Waals surface area contributed by atoms with Gasteiger partial charge in [0.15, 0.2) is 10.8 Å². The lowest BCUT2D eigenvalue weighted by Crippen LogP contribution is -2.16. The monoisotopic (exact) mass is 337 g/mol. The van der Waals surface area contributed by atoms with Gasteiger partial charge >= 0.3 is 0 Å². The van der Waals surface area contributed by atoms with E-state index < -0.39 is 0 Å². The molecule has 0 amide bonds. The molecule has 1 N–H and O–H groups in total. The van der Waals surface area contributed by atoms with Gasteiger partial charge in [0, 0.05) is 24.9 Å². The topological polar surface area (TPSA) is 54.9 Å². The number of hydrogen-bond donors (Lipinski definition) is 1. The van der Waals surface area contributed by atoms with Crippen LogP contribution in [0.4, 0.5) is 5.13 Å². The second-order valence-electron chi connectivity index (χ2n) is 6.09. The van der Waals surface area contributed by atoms with Crippen LogP contribution in [0.15, 0.2) is 30.3 Å². The van der Waals surface area contributed by atoms with Gasteiger partial charge in [0.2, 0.25) is 0 Å². The molecule has 1 aliphatic carbocycles. The van der Waals surface area contributed by atoms with Gasteiger partial charge in [-0.2, -0.15) is 0 Å². The molecular formula is C19H19N3OS. The second kappa shape index (κ2) is 6.32. The Bertz CT molecular complexity index is 902. The Labute approximate surface area is 145 Å². The van der Waals surface area contributed by atoms with Crippen molar-refractivity contribution in [2.45, 2.75) is 32.6 Å². The number of thiazole rings is 1. The smallest absolute Gasteiger partial charge is 0.185 e. The van der Waals surface area contributed by atoms with E-state index in [-0.39, 0.29) is 5.78 Å². The average Bonchev–Trinajstić information content (AvgIpc) is 3.00. The number of Topliss-reactive ketones (excluding diaryl/α,β-unsaturated/α-hetero) is 1. The Kier molecular flexibility index (Phi) is 4.02. The summed E-state index contributed by atoms with van der Waals surface area (Å²) in [5.74, 6) is 0.271. The number of carbonyl (C=O) groups is 1. The lowest BCUT2D eigenvalue weighted by molar-refractivity contribution is -0.118. The summed E-state index contributed by atoms with van der Waals surface area (Å²) >= 11 is 1.66. The molecule has 0 atom stereocenters. The van der Waals surface area contributed by atoms with Crippen LogP contribution in [0.5, 0.6) is 0 Å². The SMILES string of the molecule is CCCNc1nc2nc3c(c(-c4ccccc4)c2s1)CCC(=O)C3. The van der Waals surface area contributed by atoms with E-state index in [1.54, 1.807) is 11.3 Å². The molecule has 1 aromatic carbocycles. The molecule has 0 radical (unpaired) electrons. The molecule has 4 nitrogen and oxygen atoms in total. The maximum Gasteiger partial charge on any atom is 0.185 e. The Morgan fingerprint density at radius 1 is 1.17 bits per heavy atom. The van der Waals surface area contributed by atoms with Crippen LogP contribution in [0.25, 0.3) is 21.5 Å². The van der Waals surface area contributed by atoms with Gasteiger partial charge in [-0.3, -0.25) is 4.79 Å². The maximum atomic E-state index is 11.9. The molecule has 0 aliphatic heterocycles. The molecule has 3 aromatic rings. The fourth-order valence-corrected chi connectivity index (χ4v) is 4.23. The summed E-state index contributed by atoms with van der Waals surface area (Å²) in [5.41, 5.74) is 5.28. The highest BCUT2D eigenvalue weighted by atomic mass is 32.1. The van der Waals surface area contributed by atoms with Crippen molar-refractivity contribution in [1.82, 2.24) is 9.97 Å². The number of anilines is 1. The van der Waals surface area contributed by atoms with Crippen LogP contribution in [0.3, 0.4) is 0 Å². The van der Waals surface area contributed by atoms with Crippen molar-refractivity contribution in [3.05, 3.63) is 41.6 Å². The minimum absolute atomic E-state index is 0.271. The number of rotatable bonds is 4. The van der Waals surface area contributed by atoms with Crippen molar-refractivity contribution in [2.24, 2.45) is 0 Å². The number of carbonyl (C=O) groups excluding carboxylic acids is 1. The van der Waals surface area contributed by atoms with Crippen LogP contribution in [-0.4, -0.2) is 22.3 Å². The molecule has 1 aliphatic rings. The van der Waals surface area contributed by atoms with E-state index in [1.165, 1.54) is 16.7 Å². The lowest BCUT2D eigenvalue weighted by Gasteiger charge is -2.18. The first kappa shape index (κ1) is 15.3. The van der Waals surface area contributed by atoms with E-state index in [1.807, 2.05) is 6.07 Å². The van der Waals surface area contributed by atoms with Crippen LogP contribution in [-0.2, 0) is 17.6 Å². The van der Waals surface area contributed by atoms with Crippen molar-refractivity contribution < 1.29 is 4.79 Å². The third-order valence-corrected chi connectivity index (χ3v) is 5.35. The standard InChI is InChI=1S/C19H19N3OS/c1-2-10-20-19-22-18-17(24-19)16(12-6-4-3-5-7-12)14-9-8-13(23)11-15(14)21-18/h3-7H,2,8-11H2,1H3,(H,20,21,22). The number of aromatic nitrogens is 2. The number of nitrogens with one attached hydrogen (secondary N) is 1. The minimum atomic E-state index is 0.271. The highest BCUT2D eigenvalue weighted by molar-refractivity contribution is 7.22. The first-order valence-electron chi connectivity index (χ1n) is 8.39. The summed E-state index contributed by atoms with van der Waals surface area (Å²) in [5, 5.41) is 4.27. The third kappa shape index (κ3) is 2.69. The Morgan fingerprint density at radius 2 is 2.00 bits per heavy atom. The Balaban J connectivity index is 1.95. The zero-order valence-corrected chi connectivity index (χ0v) is 14.4. The number of pyridine rings is 1. The van der Waals surface area contributed by atoms with E-state index in [0.29, 0.717) is 12.8 Å². The quantitative estimate of drug-likeness (QED) is 0.774. The molecule has 122 valence electrons. The van der Waals surface area contributed by atoms with E-state index in [2.05, 4.69) is 41.5 Å². The summed E-state index contributed by atoms with van der Waals surface area (Å²) in [6.07, 6.45) is 2.87. The highest BCUT2D eigenvalue weighted by Crippen LogP contribution is 2.39. The molecule has 24 heavy (non-hydrogen) atoms. The first-order chi connectivity index (χ1) is 11.8. The van der Waals surface area contributed by atoms with Gasteiger partial charge in [0.1, 0.15) is 5.78 Å². The molecule has 4 rings (SSSR count). The molecule has 2 aromatic heterocycles. The van der Waals surface area contributed by atoms with Crippen molar-refractivity contribution in [2.75, 3.05) is 11.9 Å². The molecule has 0 bridgehead atoms. The van der Waals surface area contributed by atoms with Gasteiger partial charge < -0.3 is 5.32 Å². The van der Waals surface area contributed by atoms with Crippen LogP contribution in [0.1, 0.15) is 31.0 Å². The molecule has 0 spiro atoms. The van der Waals surface area contributed by atoms with Crippen LogP contribution in [0, 0.1) is 0 Å². The van der Waals surface area contributed by atoms with Crippen molar-refractivity contribution in [3.8, 4) is 11.1 Å². The number of hydrogen-bond acceptors (Lipinski definition) is 5. The van der Waals surface area contributed by atoms with E-state index in [9.17, 15) is 4.79 Å². The molecule has 0 saturated carbocycles. The summed E-state index contributed by atoms with van der Waals surface area (Å²) in [6.45, 7) is 3.04. The highest BCUT2D eigenvalue weighted by Gasteiger charge is 2.24.